The molecule has 0 heterocycles. The predicted molar refractivity (Wildman–Crippen MR) is 375 cm³/mol. The van der Waals surface area contributed by atoms with Gasteiger partial charge in [-0.3, -0.25) is 0 Å². The zero-order valence-corrected chi connectivity index (χ0v) is 50.6. The highest BCUT2D eigenvalue weighted by Gasteiger charge is 2.35. The first-order valence-corrected chi connectivity index (χ1v) is 31.0. The summed E-state index contributed by atoms with van der Waals surface area (Å²) < 4.78 is 0. The van der Waals surface area contributed by atoms with Crippen LogP contribution in [-0.2, 0) is 10.8 Å². The zero-order valence-electron chi connectivity index (χ0n) is 50.6. The summed E-state index contributed by atoms with van der Waals surface area (Å²) >= 11 is 0. The molecule has 0 aromatic heterocycles. The van der Waals surface area contributed by atoms with E-state index in [1.807, 2.05) is 0 Å². The molecule has 0 saturated carbocycles. The van der Waals surface area contributed by atoms with E-state index in [4.69, 9.17) is 0 Å². The third-order valence-corrected chi connectivity index (χ3v) is 20.5. The molecule has 17 aromatic rings. The second-order valence-electron chi connectivity index (χ2n) is 27.6. The summed E-state index contributed by atoms with van der Waals surface area (Å²) in [6.07, 6.45) is 0. The second-order valence-corrected chi connectivity index (χ2v) is 27.6. The van der Waals surface area contributed by atoms with Gasteiger partial charge in [-0.2, -0.15) is 0 Å². The van der Waals surface area contributed by atoms with E-state index in [2.05, 4.69) is 275 Å². The van der Waals surface area contributed by atoms with Gasteiger partial charge in [0.15, 0.2) is 0 Å². The van der Waals surface area contributed by atoms with Gasteiger partial charge in [0.05, 0.1) is 0 Å². The third kappa shape index (κ3) is 6.49. The first-order valence-electron chi connectivity index (χ1n) is 31.0. The molecule has 0 radical (unpaired) electrons. The van der Waals surface area contributed by atoms with E-state index < -0.39 is 0 Å². The van der Waals surface area contributed by atoms with Crippen molar-refractivity contribution in [2.45, 2.75) is 80.1 Å². The lowest BCUT2D eigenvalue weighted by molar-refractivity contribution is 0.590. The van der Waals surface area contributed by atoms with Gasteiger partial charge < -0.3 is 0 Å². The van der Waals surface area contributed by atoms with E-state index in [1.165, 1.54) is 219 Å². The van der Waals surface area contributed by atoms with Crippen molar-refractivity contribution in [3.8, 4) is 66.8 Å². The van der Waals surface area contributed by atoms with E-state index in [0.717, 1.165) is 0 Å². The summed E-state index contributed by atoms with van der Waals surface area (Å²) in [4.78, 5) is 0. The molecule has 0 saturated heterocycles. The quantitative estimate of drug-likeness (QED) is 0.122. The standard InChI is InChI=1S/C86H64/c1-45-22-32-53(47(3)42-45)74-58-18-13-14-19-59(58)75(54-33-23-46(2)43-48(54)4)84-68-41-37-63-61-35-39-66-78-65(38-34-60(76(61)78)62-36-40-67(83(74)84)79(68)77(62)63)81-71(49-24-28-51(29-25-49)85(5,6)7)70-44-69-56-17-12-11-16-55(56)57-20-15-21-64(73(57)69)80(70)72(82(66)81)50-26-30-52(31-27-50)86(8,9)10/h11-44H,1-10H3. The van der Waals surface area contributed by atoms with Gasteiger partial charge in [-0.05, 0) is 252 Å². The molecule has 0 atom stereocenters. The van der Waals surface area contributed by atoms with Crippen molar-refractivity contribution in [1.29, 1.82) is 0 Å². The minimum atomic E-state index is 0.0109. The smallest absolute Gasteiger partial charge is 0.000718 e. The van der Waals surface area contributed by atoms with Gasteiger partial charge >= 0.3 is 0 Å². The first kappa shape index (κ1) is 49.8. The third-order valence-electron chi connectivity index (χ3n) is 20.5. The van der Waals surface area contributed by atoms with Crippen LogP contribution in [0.25, 0.3) is 185 Å². The number of hydrogen-bond acceptors (Lipinski definition) is 0. The molecular formula is C86H64. The lowest BCUT2D eigenvalue weighted by Crippen LogP contribution is -2.10. The van der Waals surface area contributed by atoms with Crippen LogP contribution in [0.5, 0.6) is 0 Å². The fraction of sp³-hybridized carbons (Fsp3) is 0.140. The zero-order chi connectivity index (χ0) is 58.1. The Kier molecular flexibility index (Phi) is 9.87. The predicted octanol–water partition coefficient (Wildman–Crippen LogP) is 24.8. The SMILES string of the molecule is Cc1ccc(-c2c3c(c(-c4ccc(C)cc4C)c4ccccc24)-c2ccc4c5ccc6c7c(-c8ccc(C(C)(C)C)cc8)c8c(cc9c%10ccccc%10c%10cccc8c%109)c(-c8ccc(C(C)(C)C)cc8)c7c7ccc(c8ccc-3c2c84)c5c76)c(C)c1. The Morgan fingerprint density at radius 2 is 0.581 bits per heavy atom. The fourth-order valence-electron chi connectivity index (χ4n) is 16.7. The Morgan fingerprint density at radius 3 is 1.08 bits per heavy atom. The highest BCUT2D eigenvalue weighted by atomic mass is 14.4. The number of rotatable bonds is 4. The molecule has 0 spiro atoms. The van der Waals surface area contributed by atoms with Crippen molar-refractivity contribution in [3.63, 3.8) is 0 Å². The maximum absolute atomic E-state index is 2.59. The lowest BCUT2D eigenvalue weighted by atomic mass is 9.80. The molecule has 0 unspecified atom stereocenters. The van der Waals surface area contributed by atoms with E-state index in [0.29, 0.717) is 0 Å². The molecule has 1 aliphatic carbocycles. The van der Waals surface area contributed by atoms with Crippen LogP contribution < -0.4 is 0 Å². The topological polar surface area (TPSA) is 0 Å². The molecule has 1 aliphatic rings. The van der Waals surface area contributed by atoms with Crippen molar-refractivity contribution >= 4 is 118 Å². The fourth-order valence-corrected chi connectivity index (χ4v) is 16.7. The lowest BCUT2D eigenvalue weighted by Gasteiger charge is -2.22. The van der Waals surface area contributed by atoms with Crippen molar-refractivity contribution in [2.75, 3.05) is 0 Å². The molecule has 0 N–H and O–H groups in total. The van der Waals surface area contributed by atoms with Crippen LogP contribution in [0.1, 0.15) is 74.9 Å². The molecule has 0 amide bonds. The second kappa shape index (κ2) is 17.1. The highest BCUT2D eigenvalue weighted by Crippen LogP contribution is 2.62. The van der Waals surface area contributed by atoms with E-state index >= 15 is 0 Å². The Labute approximate surface area is 502 Å². The van der Waals surface area contributed by atoms with Crippen LogP contribution in [0.2, 0.25) is 0 Å². The molecule has 18 rings (SSSR count). The van der Waals surface area contributed by atoms with Crippen LogP contribution in [0.15, 0.2) is 206 Å². The number of fused-ring (bicyclic) bond motifs is 14. The highest BCUT2D eigenvalue weighted by molar-refractivity contribution is 6.49. The van der Waals surface area contributed by atoms with Crippen LogP contribution in [0.4, 0.5) is 0 Å². The summed E-state index contributed by atoms with van der Waals surface area (Å²) in [5, 5.41) is 29.2. The molecular weight excluding hydrogens is 1030 g/mol. The Bertz CT molecular complexity index is 5680. The monoisotopic (exact) mass is 1100 g/mol. The maximum Gasteiger partial charge on any atom is -0.000718 e. The average molecular weight is 1100 g/mol. The van der Waals surface area contributed by atoms with Gasteiger partial charge in [0.1, 0.15) is 0 Å². The van der Waals surface area contributed by atoms with Crippen molar-refractivity contribution < 1.29 is 0 Å². The Balaban J connectivity index is 1.01. The molecule has 86 heavy (non-hydrogen) atoms. The number of benzene rings is 15. The summed E-state index contributed by atoms with van der Waals surface area (Å²) in [6, 6.07) is 81.4. The van der Waals surface area contributed by atoms with Crippen molar-refractivity contribution in [1.82, 2.24) is 0 Å². The number of hydrogen-bond donors (Lipinski definition) is 0. The normalized spacial score (nSPS) is 13.0. The van der Waals surface area contributed by atoms with Crippen molar-refractivity contribution in [3.05, 3.63) is 240 Å². The van der Waals surface area contributed by atoms with Gasteiger partial charge in [-0.15, -0.1) is 0 Å². The van der Waals surface area contributed by atoms with Gasteiger partial charge in [0.2, 0.25) is 0 Å². The Hall–Kier alpha value is -9.62. The average Bonchev–Trinajstić information content (AvgIpc) is 1.48. The minimum Gasteiger partial charge on any atom is -0.0616 e. The maximum atomic E-state index is 2.59. The molecule has 0 heteroatoms. The van der Waals surface area contributed by atoms with Gasteiger partial charge in [-0.1, -0.05) is 253 Å². The molecule has 0 bridgehead atoms. The molecule has 0 nitrogen and oxygen atoms in total. The van der Waals surface area contributed by atoms with Gasteiger partial charge in [-0.25, -0.2) is 0 Å². The molecule has 408 valence electrons. The Morgan fingerprint density at radius 1 is 0.209 bits per heavy atom. The van der Waals surface area contributed by atoms with Crippen LogP contribution in [0, 0.1) is 27.7 Å². The molecule has 0 aliphatic heterocycles. The van der Waals surface area contributed by atoms with E-state index in [-0.39, 0.29) is 10.8 Å². The van der Waals surface area contributed by atoms with E-state index in [1.54, 1.807) is 0 Å². The van der Waals surface area contributed by atoms with Crippen molar-refractivity contribution in [2.24, 2.45) is 0 Å². The summed E-state index contributed by atoms with van der Waals surface area (Å²) in [5.41, 5.74) is 23.6. The first-order chi connectivity index (χ1) is 41.6. The molecule has 0 fully saturated rings. The van der Waals surface area contributed by atoms with Gasteiger partial charge in [0.25, 0.3) is 0 Å². The largest absolute Gasteiger partial charge is 0.0616 e. The molecule has 17 aromatic carbocycles. The number of aryl methyl sites for hydroxylation is 4. The van der Waals surface area contributed by atoms with E-state index in [9.17, 15) is 0 Å². The van der Waals surface area contributed by atoms with Crippen LogP contribution in [0.3, 0.4) is 0 Å². The minimum absolute atomic E-state index is 0.0109. The summed E-state index contributed by atoms with van der Waals surface area (Å²) in [7, 11) is 0. The summed E-state index contributed by atoms with van der Waals surface area (Å²) in [5.74, 6) is 0. The summed E-state index contributed by atoms with van der Waals surface area (Å²) in [6.45, 7) is 23.0. The van der Waals surface area contributed by atoms with Crippen LogP contribution >= 0.6 is 0 Å². The van der Waals surface area contributed by atoms with Crippen LogP contribution in [-0.4, -0.2) is 0 Å². The van der Waals surface area contributed by atoms with Gasteiger partial charge in [0, 0.05) is 0 Å².